The summed E-state index contributed by atoms with van der Waals surface area (Å²) in [5.74, 6) is 1.18. The predicted molar refractivity (Wildman–Crippen MR) is 66.4 cm³/mol. The first-order chi connectivity index (χ1) is 7.30. The van der Waals surface area contributed by atoms with Gasteiger partial charge in [-0.3, -0.25) is 5.10 Å². The molecule has 0 saturated heterocycles. The highest BCUT2D eigenvalue weighted by molar-refractivity contribution is 5.36. The quantitative estimate of drug-likeness (QED) is 0.805. The Labute approximate surface area is 97.8 Å². The maximum absolute atomic E-state index is 5.83. The fraction of sp³-hybridized carbons (Fsp3) is 0.769. The lowest BCUT2D eigenvalue weighted by molar-refractivity contribution is 0.545. The van der Waals surface area contributed by atoms with Gasteiger partial charge in [-0.25, -0.2) is 0 Å². The first-order valence-electron chi connectivity index (χ1n) is 6.04. The molecule has 1 aromatic heterocycles. The highest BCUT2D eigenvalue weighted by atomic mass is 15.1. The van der Waals surface area contributed by atoms with Crippen LogP contribution < -0.4 is 5.73 Å². The Morgan fingerprint density at radius 2 is 2.06 bits per heavy atom. The third kappa shape index (κ3) is 1.58. The van der Waals surface area contributed by atoms with Crippen LogP contribution in [0.4, 0.5) is 0 Å². The van der Waals surface area contributed by atoms with Gasteiger partial charge in [0.15, 0.2) is 0 Å². The first-order valence-corrected chi connectivity index (χ1v) is 6.04. The molecular weight excluding hydrogens is 198 g/mol. The van der Waals surface area contributed by atoms with Crippen molar-refractivity contribution in [2.24, 2.45) is 17.1 Å². The largest absolute Gasteiger partial charge is 0.330 e. The Bertz CT molecular complexity index is 384. The molecule has 1 aromatic rings. The molecule has 16 heavy (non-hydrogen) atoms. The fourth-order valence-electron chi connectivity index (χ4n) is 2.93. The predicted octanol–water partition coefficient (Wildman–Crippen LogP) is 2.41. The van der Waals surface area contributed by atoms with Crippen LogP contribution in [-0.2, 0) is 5.41 Å². The number of H-pyrrole nitrogens is 1. The van der Waals surface area contributed by atoms with Crippen LogP contribution in [0, 0.1) is 11.3 Å². The van der Waals surface area contributed by atoms with Crippen LogP contribution in [0.5, 0.6) is 0 Å². The van der Waals surface area contributed by atoms with Gasteiger partial charge in [0.1, 0.15) is 0 Å². The second-order valence-corrected chi connectivity index (χ2v) is 6.59. The molecule has 0 aliphatic heterocycles. The molecule has 1 saturated carbocycles. The lowest BCUT2D eigenvalue weighted by atomic mass is 9.87. The average Bonchev–Trinajstić information content (AvgIpc) is 2.57. The molecule has 2 atom stereocenters. The Balaban J connectivity index is 2.34. The number of nitrogens with zero attached hydrogens (tertiary/aromatic N) is 1. The molecule has 0 spiro atoms. The van der Waals surface area contributed by atoms with Gasteiger partial charge in [-0.15, -0.1) is 0 Å². The molecule has 3 heteroatoms. The van der Waals surface area contributed by atoms with Crippen molar-refractivity contribution >= 4 is 0 Å². The molecule has 0 aromatic carbocycles. The lowest BCUT2D eigenvalue weighted by Crippen LogP contribution is -2.14. The zero-order valence-electron chi connectivity index (χ0n) is 11.0. The fourth-order valence-corrected chi connectivity index (χ4v) is 2.93. The summed E-state index contributed by atoms with van der Waals surface area (Å²) in [5, 5.41) is 7.38. The van der Waals surface area contributed by atoms with Gasteiger partial charge in [0, 0.05) is 11.1 Å². The highest BCUT2D eigenvalue weighted by Crippen LogP contribution is 2.64. The van der Waals surface area contributed by atoms with Crippen LogP contribution in [0.15, 0.2) is 6.20 Å². The van der Waals surface area contributed by atoms with Crippen molar-refractivity contribution in [2.45, 2.75) is 46.0 Å². The molecule has 1 aliphatic rings. The maximum atomic E-state index is 5.83. The minimum Gasteiger partial charge on any atom is -0.330 e. The molecule has 90 valence electrons. The second kappa shape index (κ2) is 3.33. The second-order valence-electron chi connectivity index (χ2n) is 6.59. The Morgan fingerprint density at radius 3 is 2.50 bits per heavy atom. The summed E-state index contributed by atoms with van der Waals surface area (Å²) in [6, 6.07) is 0. The molecule has 1 aliphatic carbocycles. The van der Waals surface area contributed by atoms with E-state index in [1.54, 1.807) is 0 Å². The van der Waals surface area contributed by atoms with Gasteiger partial charge in [-0.2, -0.15) is 5.10 Å². The Morgan fingerprint density at radius 1 is 1.44 bits per heavy atom. The Hall–Kier alpha value is -0.830. The summed E-state index contributed by atoms with van der Waals surface area (Å²) >= 11 is 0. The number of hydrogen-bond donors (Lipinski definition) is 2. The summed E-state index contributed by atoms with van der Waals surface area (Å²) < 4.78 is 0. The Kier molecular flexibility index (Phi) is 2.42. The molecular formula is C13H23N3. The third-order valence-corrected chi connectivity index (χ3v) is 4.06. The normalized spacial score (nSPS) is 28.1. The molecule has 0 radical (unpaired) electrons. The SMILES string of the molecule is CC(C)(C)c1[nH]ncc1C1C(CN)C1(C)C. The topological polar surface area (TPSA) is 54.7 Å². The van der Waals surface area contributed by atoms with Crippen molar-refractivity contribution in [3.05, 3.63) is 17.5 Å². The van der Waals surface area contributed by atoms with E-state index in [9.17, 15) is 0 Å². The minimum atomic E-state index is 0.129. The summed E-state index contributed by atoms with van der Waals surface area (Å²) in [7, 11) is 0. The lowest BCUT2D eigenvalue weighted by Gasteiger charge is -2.19. The van der Waals surface area contributed by atoms with E-state index in [4.69, 9.17) is 5.73 Å². The molecule has 0 bridgehead atoms. The smallest absolute Gasteiger partial charge is 0.0525 e. The zero-order valence-corrected chi connectivity index (χ0v) is 11.0. The molecule has 2 rings (SSSR count). The van der Waals surface area contributed by atoms with E-state index in [-0.39, 0.29) is 5.41 Å². The van der Waals surface area contributed by atoms with E-state index < -0.39 is 0 Å². The van der Waals surface area contributed by atoms with E-state index in [1.807, 2.05) is 6.20 Å². The van der Waals surface area contributed by atoms with Crippen molar-refractivity contribution in [1.29, 1.82) is 0 Å². The maximum Gasteiger partial charge on any atom is 0.0525 e. The summed E-state index contributed by atoms with van der Waals surface area (Å²) in [4.78, 5) is 0. The summed E-state index contributed by atoms with van der Waals surface area (Å²) in [6.07, 6.45) is 1.99. The van der Waals surface area contributed by atoms with Crippen LogP contribution in [0.3, 0.4) is 0 Å². The number of nitrogens with one attached hydrogen (secondary N) is 1. The molecule has 1 fully saturated rings. The van der Waals surface area contributed by atoms with E-state index in [0.717, 1.165) is 6.54 Å². The number of nitrogens with two attached hydrogens (primary N) is 1. The van der Waals surface area contributed by atoms with E-state index >= 15 is 0 Å². The number of aromatic nitrogens is 2. The van der Waals surface area contributed by atoms with Gasteiger partial charge in [0.2, 0.25) is 0 Å². The molecule has 0 amide bonds. The van der Waals surface area contributed by atoms with E-state index in [2.05, 4.69) is 44.8 Å². The monoisotopic (exact) mass is 221 g/mol. The van der Waals surface area contributed by atoms with Crippen LogP contribution in [0.1, 0.15) is 51.8 Å². The van der Waals surface area contributed by atoms with Crippen molar-refractivity contribution in [3.63, 3.8) is 0 Å². The molecule has 3 N–H and O–H groups in total. The third-order valence-electron chi connectivity index (χ3n) is 4.06. The van der Waals surface area contributed by atoms with Crippen molar-refractivity contribution < 1.29 is 0 Å². The van der Waals surface area contributed by atoms with Gasteiger partial charge < -0.3 is 5.73 Å². The zero-order chi connectivity index (χ0) is 12.1. The van der Waals surface area contributed by atoms with Crippen LogP contribution in [0.25, 0.3) is 0 Å². The van der Waals surface area contributed by atoms with Gasteiger partial charge in [-0.1, -0.05) is 34.6 Å². The molecule has 2 unspecified atom stereocenters. The van der Waals surface area contributed by atoms with Crippen molar-refractivity contribution in [1.82, 2.24) is 10.2 Å². The van der Waals surface area contributed by atoms with Gasteiger partial charge in [0.05, 0.1) is 6.20 Å². The number of aromatic amines is 1. The van der Waals surface area contributed by atoms with Gasteiger partial charge in [-0.05, 0) is 29.4 Å². The minimum absolute atomic E-state index is 0.129. The average molecular weight is 221 g/mol. The van der Waals surface area contributed by atoms with Crippen molar-refractivity contribution in [2.75, 3.05) is 6.54 Å². The number of hydrogen-bond acceptors (Lipinski definition) is 2. The standard InChI is InChI=1S/C13H23N3/c1-12(2,3)11-8(7-15-16-11)10-9(6-14)13(10,4)5/h7,9-10H,6,14H2,1-5H3,(H,15,16). The number of rotatable bonds is 2. The summed E-state index contributed by atoms with van der Waals surface area (Å²) in [5.41, 5.74) is 8.93. The van der Waals surface area contributed by atoms with Crippen LogP contribution in [-0.4, -0.2) is 16.7 Å². The van der Waals surface area contributed by atoms with E-state index in [1.165, 1.54) is 11.3 Å². The van der Waals surface area contributed by atoms with Crippen molar-refractivity contribution in [3.8, 4) is 0 Å². The van der Waals surface area contributed by atoms with Crippen LogP contribution in [0.2, 0.25) is 0 Å². The van der Waals surface area contributed by atoms with E-state index in [0.29, 0.717) is 17.3 Å². The highest BCUT2D eigenvalue weighted by Gasteiger charge is 2.58. The first kappa shape index (κ1) is 11.6. The summed E-state index contributed by atoms with van der Waals surface area (Å²) in [6.45, 7) is 12.0. The van der Waals surface area contributed by atoms with Gasteiger partial charge >= 0.3 is 0 Å². The van der Waals surface area contributed by atoms with Gasteiger partial charge in [0.25, 0.3) is 0 Å². The molecule has 3 nitrogen and oxygen atoms in total. The van der Waals surface area contributed by atoms with Crippen LogP contribution >= 0.6 is 0 Å². The molecule has 1 heterocycles.